The Hall–Kier alpha value is -1.39. The van der Waals surface area contributed by atoms with Crippen LogP contribution in [0.5, 0.6) is 0 Å². The van der Waals surface area contributed by atoms with Crippen molar-refractivity contribution in [3.63, 3.8) is 0 Å². The number of hydrogen-bond acceptors (Lipinski definition) is 3. The zero-order valence-corrected chi connectivity index (χ0v) is 12.8. The highest BCUT2D eigenvalue weighted by molar-refractivity contribution is 5.91. The fraction of sp³-hybridized carbons (Fsp3) is 0.588. The molecule has 116 valence electrons. The Labute approximate surface area is 126 Å². The van der Waals surface area contributed by atoms with Gasteiger partial charge in [-0.05, 0) is 49.3 Å². The second-order valence-corrected chi connectivity index (χ2v) is 6.46. The van der Waals surface area contributed by atoms with Crippen LogP contribution in [0, 0.1) is 0 Å². The molecule has 1 aliphatic carbocycles. The van der Waals surface area contributed by atoms with Crippen LogP contribution in [-0.2, 0) is 4.79 Å². The van der Waals surface area contributed by atoms with Gasteiger partial charge in [-0.3, -0.25) is 4.79 Å². The summed E-state index contributed by atoms with van der Waals surface area (Å²) in [5.41, 5.74) is 1.01. The minimum Gasteiger partial charge on any atom is -0.393 e. The largest absolute Gasteiger partial charge is 0.393 e. The summed E-state index contributed by atoms with van der Waals surface area (Å²) >= 11 is 0. The van der Waals surface area contributed by atoms with Crippen LogP contribution in [0.3, 0.4) is 0 Å². The third-order valence-electron chi connectivity index (χ3n) is 4.24. The normalized spacial score (nSPS) is 25.9. The predicted molar refractivity (Wildman–Crippen MR) is 83.2 cm³/mol. The average Bonchev–Trinajstić information content (AvgIpc) is 2.43. The molecule has 1 aromatic rings. The van der Waals surface area contributed by atoms with Gasteiger partial charge < -0.3 is 15.5 Å². The van der Waals surface area contributed by atoms with E-state index >= 15 is 0 Å². The topological polar surface area (TPSA) is 69.6 Å². The van der Waals surface area contributed by atoms with Crippen molar-refractivity contribution in [3.8, 4) is 0 Å². The van der Waals surface area contributed by atoms with Crippen LogP contribution in [0.2, 0.25) is 0 Å². The smallest absolute Gasteiger partial charge is 0.227 e. The summed E-state index contributed by atoms with van der Waals surface area (Å²) in [7, 11) is 0. The predicted octanol–water partition coefficient (Wildman–Crippen LogP) is 2.80. The summed E-state index contributed by atoms with van der Waals surface area (Å²) in [5, 5.41) is 22.7. The SMILES string of the molecule is CC(C)c1ccc(NC(=O)CC2(O)CCC(O)CC2)cc1. The molecule has 0 spiro atoms. The second-order valence-electron chi connectivity index (χ2n) is 6.46. The standard InChI is InChI=1S/C17H25NO3/c1-12(2)13-3-5-14(6-4-13)18-16(20)11-17(21)9-7-15(19)8-10-17/h3-6,12,15,19,21H,7-11H2,1-2H3,(H,18,20). The molecule has 1 aliphatic rings. The highest BCUT2D eigenvalue weighted by Gasteiger charge is 2.34. The van der Waals surface area contributed by atoms with Crippen LogP contribution < -0.4 is 5.32 Å². The Morgan fingerprint density at radius 1 is 1.29 bits per heavy atom. The average molecular weight is 291 g/mol. The molecular weight excluding hydrogens is 266 g/mol. The molecular formula is C17H25NO3. The van der Waals surface area contributed by atoms with E-state index in [-0.39, 0.29) is 18.4 Å². The molecule has 0 unspecified atom stereocenters. The van der Waals surface area contributed by atoms with Gasteiger partial charge in [-0.1, -0.05) is 26.0 Å². The molecule has 0 heterocycles. The van der Waals surface area contributed by atoms with Crippen molar-refractivity contribution in [1.29, 1.82) is 0 Å². The van der Waals surface area contributed by atoms with Gasteiger partial charge in [0.05, 0.1) is 18.1 Å². The molecule has 3 N–H and O–H groups in total. The Morgan fingerprint density at radius 3 is 2.38 bits per heavy atom. The number of anilines is 1. The minimum atomic E-state index is -0.971. The summed E-state index contributed by atoms with van der Waals surface area (Å²) in [6.07, 6.45) is 1.84. The number of benzene rings is 1. The maximum atomic E-state index is 12.1. The lowest BCUT2D eigenvalue weighted by Crippen LogP contribution is -2.39. The van der Waals surface area contributed by atoms with E-state index in [1.165, 1.54) is 5.56 Å². The Morgan fingerprint density at radius 2 is 1.86 bits per heavy atom. The lowest BCUT2D eigenvalue weighted by atomic mass is 9.81. The van der Waals surface area contributed by atoms with Crippen LogP contribution in [-0.4, -0.2) is 27.8 Å². The van der Waals surface area contributed by atoms with Crippen molar-refractivity contribution in [2.75, 3.05) is 5.32 Å². The number of carbonyl (C=O) groups excluding carboxylic acids is 1. The highest BCUT2D eigenvalue weighted by Crippen LogP contribution is 2.31. The van der Waals surface area contributed by atoms with Crippen LogP contribution in [0.4, 0.5) is 5.69 Å². The number of nitrogens with one attached hydrogen (secondary N) is 1. The first-order valence-corrected chi connectivity index (χ1v) is 7.68. The summed E-state index contributed by atoms with van der Waals surface area (Å²) < 4.78 is 0. The van der Waals surface area contributed by atoms with Gasteiger partial charge in [-0.15, -0.1) is 0 Å². The van der Waals surface area contributed by atoms with E-state index in [1.54, 1.807) is 0 Å². The lowest BCUT2D eigenvalue weighted by Gasteiger charge is -2.33. The molecule has 4 nitrogen and oxygen atoms in total. The molecule has 0 radical (unpaired) electrons. The molecule has 0 bridgehead atoms. The van der Waals surface area contributed by atoms with E-state index < -0.39 is 5.60 Å². The van der Waals surface area contributed by atoms with E-state index in [9.17, 15) is 15.0 Å². The number of aliphatic hydroxyl groups is 2. The maximum absolute atomic E-state index is 12.1. The van der Waals surface area contributed by atoms with Crippen molar-refractivity contribution in [1.82, 2.24) is 0 Å². The van der Waals surface area contributed by atoms with Crippen LogP contribution in [0.15, 0.2) is 24.3 Å². The van der Waals surface area contributed by atoms with Gasteiger partial charge in [0, 0.05) is 5.69 Å². The van der Waals surface area contributed by atoms with Gasteiger partial charge in [0.15, 0.2) is 0 Å². The molecule has 4 heteroatoms. The van der Waals surface area contributed by atoms with E-state index in [1.807, 2.05) is 24.3 Å². The first kappa shape index (κ1) is 16.0. The van der Waals surface area contributed by atoms with Crippen molar-refractivity contribution in [2.45, 2.75) is 63.6 Å². The van der Waals surface area contributed by atoms with Crippen molar-refractivity contribution < 1.29 is 15.0 Å². The fourth-order valence-corrected chi connectivity index (χ4v) is 2.77. The molecule has 1 saturated carbocycles. The molecule has 0 atom stereocenters. The highest BCUT2D eigenvalue weighted by atomic mass is 16.3. The van der Waals surface area contributed by atoms with Crippen molar-refractivity contribution in [3.05, 3.63) is 29.8 Å². The van der Waals surface area contributed by atoms with E-state index in [0.29, 0.717) is 31.6 Å². The zero-order chi connectivity index (χ0) is 15.5. The molecule has 21 heavy (non-hydrogen) atoms. The third-order valence-corrected chi connectivity index (χ3v) is 4.24. The van der Waals surface area contributed by atoms with E-state index in [2.05, 4.69) is 19.2 Å². The number of aliphatic hydroxyl groups excluding tert-OH is 1. The van der Waals surface area contributed by atoms with Crippen LogP contribution in [0.25, 0.3) is 0 Å². The first-order chi connectivity index (χ1) is 9.88. The summed E-state index contributed by atoms with van der Waals surface area (Å²) in [6, 6.07) is 7.79. The number of hydrogen-bond donors (Lipinski definition) is 3. The van der Waals surface area contributed by atoms with Gasteiger partial charge in [0.1, 0.15) is 0 Å². The number of amides is 1. The monoisotopic (exact) mass is 291 g/mol. The number of rotatable bonds is 4. The van der Waals surface area contributed by atoms with Gasteiger partial charge in [-0.2, -0.15) is 0 Å². The van der Waals surface area contributed by atoms with Crippen molar-refractivity contribution >= 4 is 11.6 Å². The third kappa shape index (κ3) is 4.55. The Balaban J connectivity index is 1.89. The summed E-state index contributed by atoms with van der Waals surface area (Å²) in [6.45, 7) is 4.25. The van der Waals surface area contributed by atoms with Gasteiger partial charge in [-0.25, -0.2) is 0 Å². The quantitative estimate of drug-likeness (QED) is 0.799. The molecule has 1 aromatic carbocycles. The first-order valence-electron chi connectivity index (χ1n) is 7.68. The molecule has 0 aromatic heterocycles. The summed E-state index contributed by atoms with van der Waals surface area (Å²) in [4.78, 5) is 12.1. The van der Waals surface area contributed by atoms with Crippen LogP contribution >= 0.6 is 0 Å². The fourth-order valence-electron chi connectivity index (χ4n) is 2.77. The van der Waals surface area contributed by atoms with Gasteiger partial charge in [0.2, 0.25) is 5.91 Å². The van der Waals surface area contributed by atoms with Crippen LogP contribution in [0.1, 0.15) is 57.4 Å². The lowest BCUT2D eigenvalue weighted by molar-refractivity contribution is -0.123. The second kappa shape index (κ2) is 6.58. The Kier molecular flexibility index (Phi) is 5.01. The van der Waals surface area contributed by atoms with E-state index in [0.717, 1.165) is 5.69 Å². The molecule has 0 aliphatic heterocycles. The molecule has 2 rings (SSSR count). The van der Waals surface area contributed by atoms with E-state index in [4.69, 9.17) is 0 Å². The Bertz CT molecular complexity index is 473. The zero-order valence-electron chi connectivity index (χ0n) is 12.8. The van der Waals surface area contributed by atoms with Gasteiger partial charge >= 0.3 is 0 Å². The molecule has 1 amide bonds. The molecule has 1 fully saturated rings. The van der Waals surface area contributed by atoms with Crippen molar-refractivity contribution in [2.24, 2.45) is 0 Å². The van der Waals surface area contributed by atoms with Gasteiger partial charge in [0.25, 0.3) is 0 Å². The summed E-state index contributed by atoms with van der Waals surface area (Å²) in [5.74, 6) is 0.287. The molecule has 0 saturated heterocycles. The minimum absolute atomic E-state index is 0.0889. The maximum Gasteiger partial charge on any atom is 0.227 e. The number of carbonyl (C=O) groups is 1.